The van der Waals surface area contributed by atoms with Gasteiger partial charge in [-0.05, 0) is 104 Å². The van der Waals surface area contributed by atoms with Gasteiger partial charge in [-0.25, -0.2) is 0 Å². The highest BCUT2D eigenvalue weighted by molar-refractivity contribution is 5.56. The Bertz CT molecular complexity index is 814. The van der Waals surface area contributed by atoms with E-state index in [1.807, 2.05) is 12.1 Å². The molecule has 0 spiro atoms. The fourth-order valence-electron chi connectivity index (χ4n) is 8.15. The summed E-state index contributed by atoms with van der Waals surface area (Å²) < 4.78 is 5.29. The molecule has 4 aliphatic rings. The second kappa shape index (κ2) is 7.38. The third-order valence-corrected chi connectivity index (χ3v) is 9.98. The molecule has 5 rings (SSSR count). The van der Waals surface area contributed by atoms with Crippen molar-refractivity contribution in [1.82, 2.24) is 0 Å². The van der Waals surface area contributed by atoms with Crippen LogP contribution >= 0.6 is 0 Å². The SMILES string of the molecule is COc1ccc(/C=C2\CC3C4CCC5CC(O)CCC5(C)C4CCC3(C)C2O)cc1. The normalized spacial score (nSPS) is 46.8. The number of hydrogen-bond donors (Lipinski definition) is 2. The predicted octanol–water partition coefficient (Wildman–Crippen LogP) is 5.45. The van der Waals surface area contributed by atoms with Gasteiger partial charge in [0.2, 0.25) is 0 Å². The minimum absolute atomic E-state index is 0.0108. The number of aliphatic hydroxyl groups is 2. The Morgan fingerprint density at radius 3 is 2.40 bits per heavy atom. The van der Waals surface area contributed by atoms with Crippen molar-refractivity contribution in [1.29, 1.82) is 0 Å². The average Bonchev–Trinajstić information content (AvgIpc) is 3.00. The first-order valence-corrected chi connectivity index (χ1v) is 12.1. The molecule has 3 nitrogen and oxygen atoms in total. The lowest BCUT2D eigenvalue weighted by Crippen LogP contribution is -2.54. The molecule has 3 heteroatoms. The van der Waals surface area contributed by atoms with Crippen LogP contribution in [0.5, 0.6) is 5.75 Å². The second-order valence-electron chi connectivity index (χ2n) is 11.2. The summed E-state index contributed by atoms with van der Waals surface area (Å²) in [7, 11) is 1.69. The first-order valence-electron chi connectivity index (χ1n) is 12.1. The number of fused-ring (bicyclic) bond motifs is 5. The monoisotopic (exact) mass is 410 g/mol. The molecule has 0 saturated heterocycles. The zero-order valence-corrected chi connectivity index (χ0v) is 18.8. The largest absolute Gasteiger partial charge is 0.497 e. The van der Waals surface area contributed by atoms with E-state index in [9.17, 15) is 10.2 Å². The predicted molar refractivity (Wildman–Crippen MR) is 120 cm³/mol. The molecule has 0 aliphatic heterocycles. The van der Waals surface area contributed by atoms with E-state index in [0.29, 0.717) is 17.3 Å². The number of aliphatic hydroxyl groups excluding tert-OH is 2. The van der Waals surface area contributed by atoms with Gasteiger partial charge in [-0.15, -0.1) is 0 Å². The van der Waals surface area contributed by atoms with Gasteiger partial charge in [0.25, 0.3) is 0 Å². The van der Waals surface area contributed by atoms with Crippen LogP contribution in [0.1, 0.15) is 70.8 Å². The van der Waals surface area contributed by atoms with Crippen molar-refractivity contribution in [2.75, 3.05) is 7.11 Å². The van der Waals surface area contributed by atoms with Crippen LogP contribution < -0.4 is 4.74 Å². The molecule has 4 aliphatic carbocycles. The molecular weight excluding hydrogens is 372 g/mol. The van der Waals surface area contributed by atoms with Crippen molar-refractivity contribution in [3.63, 3.8) is 0 Å². The molecule has 0 aromatic heterocycles. The van der Waals surface area contributed by atoms with Crippen LogP contribution in [0.4, 0.5) is 0 Å². The third kappa shape index (κ3) is 3.07. The van der Waals surface area contributed by atoms with Crippen molar-refractivity contribution in [2.24, 2.45) is 34.5 Å². The maximum atomic E-state index is 11.4. The van der Waals surface area contributed by atoms with Crippen molar-refractivity contribution >= 4 is 6.08 Å². The van der Waals surface area contributed by atoms with E-state index in [2.05, 4.69) is 32.1 Å². The molecule has 30 heavy (non-hydrogen) atoms. The first kappa shape index (κ1) is 20.6. The highest BCUT2D eigenvalue weighted by atomic mass is 16.5. The Balaban J connectivity index is 1.41. The maximum absolute atomic E-state index is 11.4. The molecule has 8 unspecified atom stereocenters. The Morgan fingerprint density at radius 2 is 1.67 bits per heavy atom. The fraction of sp³-hybridized carbons (Fsp3) is 0.704. The van der Waals surface area contributed by atoms with Gasteiger partial charge in [0, 0.05) is 5.41 Å². The number of hydrogen-bond acceptors (Lipinski definition) is 3. The number of benzene rings is 1. The van der Waals surface area contributed by atoms with Crippen LogP contribution in [0.2, 0.25) is 0 Å². The maximum Gasteiger partial charge on any atom is 0.118 e. The van der Waals surface area contributed by atoms with Crippen molar-refractivity contribution in [3.05, 3.63) is 35.4 Å². The first-order chi connectivity index (χ1) is 14.3. The summed E-state index contributed by atoms with van der Waals surface area (Å²) in [6.45, 7) is 4.88. The zero-order chi connectivity index (χ0) is 21.1. The van der Waals surface area contributed by atoms with Gasteiger partial charge in [0.15, 0.2) is 0 Å². The van der Waals surface area contributed by atoms with Gasteiger partial charge in [0.05, 0.1) is 19.3 Å². The zero-order valence-electron chi connectivity index (χ0n) is 18.8. The van der Waals surface area contributed by atoms with Gasteiger partial charge in [-0.1, -0.05) is 32.1 Å². The van der Waals surface area contributed by atoms with Crippen LogP contribution in [0, 0.1) is 34.5 Å². The minimum Gasteiger partial charge on any atom is -0.497 e. The van der Waals surface area contributed by atoms with E-state index in [1.165, 1.54) is 31.3 Å². The molecule has 2 N–H and O–H groups in total. The Labute approximate surface area is 181 Å². The molecule has 0 heterocycles. The van der Waals surface area contributed by atoms with E-state index in [0.717, 1.165) is 48.8 Å². The molecule has 8 atom stereocenters. The van der Waals surface area contributed by atoms with Crippen molar-refractivity contribution in [3.8, 4) is 5.75 Å². The topological polar surface area (TPSA) is 49.7 Å². The number of rotatable bonds is 2. The van der Waals surface area contributed by atoms with Crippen LogP contribution in [0.25, 0.3) is 6.08 Å². The van der Waals surface area contributed by atoms with E-state index in [4.69, 9.17) is 4.74 Å². The lowest BCUT2D eigenvalue weighted by molar-refractivity contribution is -0.133. The molecule has 0 radical (unpaired) electrons. The summed E-state index contributed by atoms with van der Waals surface area (Å²) in [5, 5.41) is 21.6. The molecular formula is C27H38O3. The molecule has 0 amide bonds. The van der Waals surface area contributed by atoms with Crippen LogP contribution in [0.3, 0.4) is 0 Å². The summed E-state index contributed by atoms with van der Waals surface area (Å²) in [5.74, 6) is 3.62. The van der Waals surface area contributed by atoms with Gasteiger partial charge in [-0.3, -0.25) is 0 Å². The van der Waals surface area contributed by atoms with Gasteiger partial charge < -0.3 is 14.9 Å². The van der Waals surface area contributed by atoms with Crippen molar-refractivity contribution in [2.45, 2.75) is 77.4 Å². The number of methoxy groups -OCH3 is 1. The smallest absolute Gasteiger partial charge is 0.118 e. The fourth-order valence-corrected chi connectivity index (χ4v) is 8.15. The molecule has 164 valence electrons. The average molecular weight is 411 g/mol. The Morgan fingerprint density at radius 1 is 0.933 bits per heavy atom. The van der Waals surface area contributed by atoms with Gasteiger partial charge >= 0.3 is 0 Å². The van der Waals surface area contributed by atoms with E-state index < -0.39 is 0 Å². The summed E-state index contributed by atoms with van der Waals surface area (Å²) in [6.07, 6.45) is 10.9. The summed E-state index contributed by atoms with van der Waals surface area (Å²) in [5.41, 5.74) is 2.77. The highest BCUT2D eigenvalue weighted by Gasteiger charge is 2.61. The van der Waals surface area contributed by atoms with E-state index in [-0.39, 0.29) is 17.6 Å². The quantitative estimate of drug-likeness (QED) is 0.681. The Kier molecular flexibility index (Phi) is 5.06. The lowest BCUT2D eigenvalue weighted by atomic mass is 9.45. The molecule has 4 saturated carbocycles. The molecule has 1 aromatic carbocycles. The second-order valence-corrected chi connectivity index (χ2v) is 11.2. The summed E-state index contributed by atoms with van der Waals surface area (Å²) >= 11 is 0. The van der Waals surface area contributed by atoms with Crippen LogP contribution in [-0.4, -0.2) is 29.5 Å². The van der Waals surface area contributed by atoms with Crippen LogP contribution in [-0.2, 0) is 0 Å². The van der Waals surface area contributed by atoms with E-state index >= 15 is 0 Å². The highest BCUT2D eigenvalue weighted by Crippen LogP contribution is 2.67. The van der Waals surface area contributed by atoms with Crippen LogP contribution in [0.15, 0.2) is 29.8 Å². The molecule has 0 bridgehead atoms. The van der Waals surface area contributed by atoms with Gasteiger partial charge in [-0.2, -0.15) is 0 Å². The standard InChI is InChI=1S/C27H38O3/c1-26-12-10-20(28)16-19(26)6-9-22-23(26)11-13-27(2)24(22)15-18(25(27)29)14-17-4-7-21(30-3)8-5-17/h4-5,7-8,14,19-20,22-25,28-29H,6,9-13,15-16H2,1-3H3/b18-14+. The minimum atomic E-state index is -0.329. The third-order valence-electron chi connectivity index (χ3n) is 9.98. The Hall–Kier alpha value is -1.32. The van der Waals surface area contributed by atoms with Crippen molar-refractivity contribution < 1.29 is 14.9 Å². The molecule has 1 aromatic rings. The molecule has 4 fully saturated rings. The summed E-state index contributed by atoms with van der Waals surface area (Å²) in [6, 6.07) is 8.17. The van der Waals surface area contributed by atoms with Gasteiger partial charge in [0.1, 0.15) is 5.75 Å². The lowest BCUT2D eigenvalue weighted by Gasteiger charge is -2.60. The van der Waals surface area contributed by atoms with E-state index in [1.54, 1.807) is 7.11 Å². The number of ether oxygens (including phenoxy) is 1. The summed E-state index contributed by atoms with van der Waals surface area (Å²) in [4.78, 5) is 0.